The van der Waals surface area contributed by atoms with Crippen molar-refractivity contribution in [2.24, 2.45) is 5.92 Å². The second-order valence-corrected chi connectivity index (χ2v) is 7.41. The van der Waals surface area contributed by atoms with E-state index in [-0.39, 0.29) is 0 Å². The van der Waals surface area contributed by atoms with Crippen LogP contribution in [0.4, 0.5) is 0 Å². The molecule has 3 rings (SSSR count). The summed E-state index contributed by atoms with van der Waals surface area (Å²) in [7, 11) is 1.70. The van der Waals surface area contributed by atoms with E-state index < -0.39 is 0 Å². The maximum absolute atomic E-state index is 5.30. The van der Waals surface area contributed by atoms with E-state index >= 15 is 0 Å². The van der Waals surface area contributed by atoms with E-state index in [1.165, 1.54) is 29.5 Å². The summed E-state index contributed by atoms with van der Waals surface area (Å²) in [6, 6.07) is 15.2. The van der Waals surface area contributed by atoms with Crippen molar-refractivity contribution in [3.05, 3.63) is 63.6 Å². The first kappa shape index (κ1) is 15.1. The molecule has 21 heavy (non-hydrogen) atoms. The van der Waals surface area contributed by atoms with Crippen molar-refractivity contribution in [3.8, 4) is 5.75 Å². The van der Waals surface area contributed by atoms with Crippen molar-refractivity contribution >= 4 is 31.9 Å². The van der Waals surface area contributed by atoms with Gasteiger partial charge in [0.1, 0.15) is 5.75 Å². The minimum atomic E-state index is 0.448. The average molecular weight is 410 g/mol. The molecular formula is C18H18Br2O. The molecule has 110 valence electrons. The molecular weight excluding hydrogens is 392 g/mol. The summed E-state index contributed by atoms with van der Waals surface area (Å²) in [6.45, 7) is 0. The third-order valence-electron chi connectivity index (χ3n) is 4.26. The number of hydrogen-bond donors (Lipinski definition) is 0. The predicted octanol–water partition coefficient (Wildman–Crippen LogP) is 5.70. The van der Waals surface area contributed by atoms with Gasteiger partial charge in [0, 0.05) is 4.83 Å². The largest absolute Gasteiger partial charge is 0.496 e. The van der Waals surface area contributed by atoms with Gasteiger partial charge in [0.05, 0.1) is 11.6 Å². The number of ether oxygens (including phenoxy) is 1. The molecule has 2 aromatic rings. The highest BCUT2D eigenvalue weighted by molar-refractivity contribution is 9.10. The molecule has 2 aromatic carbocycles. The van der Waals surface area contributed by atoms with Gasteiger partial charge in [0.2, 0.25) is 0 Å². The van der Waals surface area contributed by atoms with Gasteiger partial charge in [-0.3, -0.25) is 0 Å². The smallest absolute Gasteiger partial charge is 0.133 e. The highest BCUT2D eigenvalue weighted by Crippen LogP contribution is 2.42. The fraction of sp³-hybridized carbons (Fsp3) is 0.333. The number of aryl methyl sites for hydroxylation is 1. The number of hydrogen-bond acceptors (Lipinski definition) is 1. The number of rotatable bonds is 3. The van der Waals surface area contributed by atoms with Crippen molar-refractivity contribution < 1.29 is 4.74 Å². The van der Waals surface area contributed by atoms with E-state index in [1.54, 1.807) is 7.11 Å². The van der Waals surface area contributed by atoms with Crippen molar-refractivity contribution in [1.29, 1.82) is 0 Å². The van der Waals surface area contributed by atoms with Gasteiger partial charge in [-0.1, -0.05) is 46.3 Å². The van der Waals surface area contributed by atoms with Gasteiger partial charge in [0.15, 0.2) is 0 Å². The summed E-state index contributed by atoms with van der Waals surface area (Å²) in [4.78, 5) is 0.448. The number of methoxy groups -OCH3 is 1. The monoisotopic (exact) mass is 408 g/mol. The van der Waals surface area contributed by atoms with Crippen LogP contribution in [0.15, 0.2) is 46.9 Å². The lowest BCUT2D eigenvalue weighted by molar-refractivity contribution is 0.411. The molecule has 0 radical (unpaired) electrons. The highest BCUT2D eigenvalue weighted by Gasteiger charge is 2.27. The average Bonchev–Trinajstić information content (AvgIpc) is 2.51. The lowest BCUT2D eigenvalue weighted by atomic mass is 9.81. The van der Waals surface area contributed by atoms with Crippen LogP contribution in [0.1, 0.15) is 27.9 Å². The van der Waals surface area contributed by atoms with Crippen LogP contribution in [0, 0.1) is 5.92 Å². The van der Waals surface area contributed by atoms with E-state index in [9.17, 15) is 0 Å². The van der Waals surface area contributed by atoms with Gasteiger partial charge >= 0.3 is 0 Å². The lowest BCUT2D eigenvalue weighted by Crippen LogP contribution is -2.18. The highest BCUT2D eigenvalue weighted by atomic mass is 79.9. The standard InChI is InChI=1S/C18H18Br2O/c1-21-17-9-6-12(11-16(17)19)10-14-8-7-13-4-2-3-5-15(13)18(14)20/h2-6,9,11,14,18H,7-8,10H2,1H3. The third kappa shape index (κ3) is 3.19. The molecule has 1 aliphatic carbocycles. The molecule has 0 spiro atoms. The molecule has 0 saturated heterocycles. The molecule has 0 fully saturated rings. The minimum Gasteiger partial charge on any atom is -0.496 e. The number of benzene rings is 2. The quantitative estimate of drug-likeness (QED) is 0.591. The van der Waals surface area contributed by atoms with Crippen LogP contribution in [0.3, 0.4) is 0 Å². The Hall–Kier alpha value is -0.800. The topological polar surface area (TPSA) is 9.23 Å². The fourth-order valence-electron chi connectivity index (χ4n) is 3.12. The second-order valence-electron chi connectivity index (χ2n) is 5.57. The Morgan fingerprint density at radius 1 is 1.19 bits per heavy atom. The van der Waals surface area contributed by atoms with E-state index in [4.69, 9.17) is 4.74 Å². The van der Waals surface area contributed by atoms with E-state index in [2.05, 4.69) is 68.3 Å². The summed E-state index contributed by atoms with van der Waals surface area (Å²) in [5.41, 5.74) is 4.31. The molecule has 0 aromatic heterocycles. The van der Waals surface area contributed by atoms with Gasteiger partial charge in [0.25, 0.3) is 0 Å². The Kier molecular flexibility index (Phi) is 4.70. The van der Waals surface area contributed by atoms with Crippen molar-refractivity contribution in [1.82, 2.24) is 0 Å². The van der Waals surface area contributed by atoms with Crippen LogP contribution in [0.25, 0.3) is 0 Å². The first-order valence-electron chi connectivity index (χ1n) is 7.23. The van der Waals surface area contributed by atoms with Crippen LogP contribution in [-0.4, -0.2) is 7.11 Å². The van der Waals surface area contributed by atoms with E-state index in [0.29, 0.717) is 10.7 Å². The molecule has 2 unspecified atom stereocenters. The van der Waals surface area contributed by atoms with Gasteiger partial charge in [-0.2, -0.15) is 0 Å². The summed E-state index contributed by atoms with van der Waals surface area (Å²) >= 11 is 7.50. The SMILES string of the molecule is COc1ccc(CC2CCc3ccccc3C2Br)cc1Br. The third-order valence-corrected chi connectivity index (χ3v) is 6.13. The van der Waals surface area contributed by atoms with Crippen LogP contribution < -0.4 is 4.74 Å². The molecule has 1 nitrogen and oxygen atoms in total. The van der Waals surface area contributed by atoms with Crippen LogP contribution in [0.2, 0.25) is 0 Å². The molecule has 0 bridgehead atoms. The van der Waals surface area contributed by atoms with Gasteiger partial charge in [-0.25, -0.2) is 0 Å². The molecule has 0 heterocycles. The molecule has 3 heteroatoms. The second kappa shape index (κ2) is 6.53. The zero-order chi connectivity index (χ0) is 14.8. The molecule has 0 saturated carbocycles. The molecule has 2 atom stereocenters. The van der Waals surface area contributed by atoms with Crippen molar-refractivity contribution in [2.75, 3.05) is 7.11 Å². The van der Waals surface area contributed by atoms with Crippen molar-refractivity contribution in [2.45, 2.75) is 24.1 Å². The summed E-state index contributed by atoms with van der Waals surface area (Å²) < 4.78 is 6.33. The zero-order valence-corrected chi connectivity index (χ0v) is 15.2. The lowest BCUT2D eigenvalue weighted by Gasteiger charge is -2.30. The molecule has 0 N–H and O–H groups in total. The normalized spacial score (nSPS) is 20.9. The Morgan fingerprint density at radius 3 is 2.76 bits per heavy atom. The van der Waals surface area contributed by atoms with Crippen LogP contribution >= 0.6 is 31.9 Å². The first-order valence-corrected chi connectivity index (χ1v) is 8.94. The predicted molar refractivity (Wildman–Crippen MR) is 94.3 cm³/mol. The molecule has 0 amide bonds. The summed E-state index contributed by atoms with van der Waals surface area (Å²) in [5.74, 6) is 1.53. The molecule has 0 aliphatic heterocycles. The Labute approximate surface area is 143 Å². The number of alkyl halides is 1. The van der Waals surface area contributed by atoms with Gasteiger partial charge < -0.3 is 4.74 Å². The van der Waals surface area contributed by atoms with Crippen molar-refractivity contribution in [3.63, 3.8) is 0 Å². The summed E-state index contributed by atoms with van der Waals surface area (Å²) in [5, 5.41) is 0. The maximum atomic E-state index is 5.30. The molecule has 1 aliphatic rings. The van der Waals surface area contributed by atoms with E-state index in [0.717, 1.165) is 16.6 Å². The Morgan fingerprint density at radius 2 is 2.00 bits per heavy atom. The number of halogens is 2. The zero-order valence-electron chi connectivity index (χ0n) is 12.0. The van der Waals surface area contributed by atoms with Gasteiger partial charge in [-0.05, 0) is 69.9 Å². The summed E-state index contributed by atoms with van der Waals surface area (Å²) in [6.07, 6.45) is 3.50. The minimum absolute atomic E-state index is 0.448. The Bertz CT molecular complexity index is 639. The fourth-order valence-corrected chi connectivity index (χ4v) is 4.60. The maximum Gasteiger partial charge on any atom is 0.133 e. The van der Waals surface area contributed by atoms with E-state index in [1.807, 2.05) is 6.07 Å². The van der Waals surface area contributed by atoms with Crippen LogP contribution in [-0.2, 0) is 12.8 Å². The number of fused-ring (bicyclic) bond motifs is 1. The van der Waals surface area contributed by atoms with Crippen LogP contribution in [0.5, 0.6) is 5.75 Å². The first-order chi connectivity index (χ1) is 10.2. The van der Waals surface area contributed by atoms with Gasteiger partial charge in [-0.15, -0.1) is 0 Å². The Balaban J connectivity index is 1.79.